The fourth-order valence-corrected chi connectivity index (χ4v) is 2.87. The molecule has 5 nitrogen and oxygen atoms in total. The van der Waals surface area contributed by atoms with Crippen LogP contribution in [0.25, 0.3) is 11.0 Å². The molecule has 1 amide bonds. The first-order valence-corrected chi connectivity index (χ1v) is 8.92. The van der Waals surface area contributed by atoms with Crippen LogP contribution in [0.2, 0.25) is 0 Å². The summed E-state index contributed by atoms with van der Waals surface area (Å²) in [7, 11) is 0. The van der Waals surface area contributed by atoms with E-state index in [1.807, 2.05) is 43.3 Å². The Morgan fingerprint density at radius 2 is 1.96 bits per heavy atom. The number of aromatic nitrogens is 2. The number of carbonyl (C=O) groups excluding carboxylic acids is 1. The summed E-state index contributed by atoms with van der Waals surface area (Å²) in [5.74, 6) is -0.327. The number of nitrogens with one attached hydrogen (secondary N) is 1. The monoisotopic (exact) mass is 349 g/mol. The molecule has 0 spiro atoms. The van der Waals surface area contributed by atoms with Crippen molar-refractivity contribution in [1.29, 1.82) is 0 Å². The fraction of sp³-hybridized carbons (Fsp3) is 0.286. The van der Waals surface area contributed by atoms with Crippen molar-refractivity contribution < 1.29 is 4.79 Å². The first kappa shape index (κ1) is 17.9. The molecule has 26 heavy (non-hydrogen) atoms. The van der Waals surface area contributed by atoms with Gasteiger partial charge in [0, 0.05) is 18.1 Å². The Morgan fingerprint density at radius 3 is 2.69 bits per heavy atom. The molecule has 3 rings (SSSR count). The lowest BCUT2D eigenvalue weighted by atomic mass is 10.1. The third-order valence-electron chi connectivity index (χ3n) is 4.37. The predicted molar refractivity (Wildman–Crippen MR) is 104 cm³/mol. The van der Waals surface area contributed by atoms with Gasteiger partial charge in [-0.1, -0.05) is 43.2 Å². The zero-order chi connectivity index (χ0) is 18.5. The average Bonchev–Trinajstić information content (AvgIpc) is 2.65. The molecule has 0 fully saturated rings. The molecule has 0 atom stereocenters. The molecule has 5 heteroatoms. The molecule has 0 unspecified atom stereocenters. The number of benzene rings is 1. The first-order chi connectivity index (χ1) is 12.6. The van der Waals surface area contributed by atoms with Gasteiger partial charge in [0.2, 0.25) is 0 Å². The maximum Gasteiger partial charge on any atom is 0.265 e. The van der Waals surface area contributed by atoms with Crippen LogP contribution in [0.15, 0.2) is 53.5 Å². The Hall–Kier alpha value is -2.95. The number of hydrogen-bond acceptors (Lipinski definition) is 3. The normalized spacial score (nSPS) is 10.8. The van der Waals surface area contributed by atoms with Crippen LogP contribution >= 0.6 is 0 Å². The average molecular weight is 349 g/mol. The van der Waals surface area contributed by atoms with Gasteiger partial charge in [-0.05, 0) is 37.1 Å². The van der Waals surface area contributed by atoms with Gasteiger partial charge in [0.15, 0.2) is 0 Å². The molecular weight excluding hydrogens is 326 g/mol. The molecule has 1 aromatic carbocycles. The van der Waals surface area contributed by atoms with Crippen LogP contribution < -0.4 is 10.9 Å². The zero-order valence-corrected chi connectivity index (χ0v) is 15.2. The van der Waals surface area contributed by atoms with Gasteiger partial charge < -0.3 is 5.32 Å². The summed E-state index contributed by atoms with van der Waals surface area (Å²) in [4.78, 5) is 29.8. The third-order valence-corrected chi connectivity index (χ3v) is 4.37. The minimum atomic E-state index is -0.327. The van der Waals surface area contributed by atoms with Gasteiger partial charge >= 0.3 is 0 Å². The second-order valence-electron chi connectivity index (χ2n) is 6.46. The maximum absolute atomic E-state index is 13.0. The number of rotatable bonds is 6. The van der Waals surface area contributed by atoms with E-state index in [-0.39, 0.29) is 17.0 Å². The number of amides is 1. The van der Waals surface area contributed by atoms with Crippen LogP contribution in [-0.2, 0) is 6.54 Å². The lowest BCUT2D eigenvalue weighted by molar-refractivity contribution is 0.0951. The molecule has 134 valence electrons. The van der Waals surface area contributed by atoms with Gasteiger partial charge in [-0.3, -0.25) is 14.2 Å². The summed E-state index contributed by atoms with van der Waals surface area (Å²) < 4.78 is 1.58. The summed E-state index contributed by atoms with van der Waals surface area (Å²) >= 11 is 0. The molecule has 1 N–H and O–H groups in total. The van der Waals surface area contributed by atoms with Crippen molar-refractivity contribution in [3.63, 3.8) is 0 Å². The summed E-state index contributed by atoms with van der Waals surface area (Å²) in [6.07, 6.45) is 3.53. The summed E-state index contributed by atoms with van der Waals surface area (Å²) in [5, 5.41) is 3.61. The van der Waals surface area contributed by atoms with E-state index in [0.717, 1.165) is 29.4 Å². The predicted octanol–water partition coefficient (Wildman–Crippen LogP) is 3.28. The Bertz CT molecular complexity index is 975. The summed E-state index contributed by atoms with van der Waals surface area (Å²) in [5.41, 5.74) is 2.59. The number of pyridine rings is 2. The topological polar surface area (TPSA) is 64.0 Å². The summed E-state index contributed by atoms with van der Waals surface area (Å²) in [6.45, 7) is 5.02. The molecule has 0 aliphatic carbocycles. The van der Waals surface area contributed by atoms with Crippen LogP contribution in [0.3, 0.4) is 0 Å². The van der Waals surface area contributed by atoms with Crippen LogP contribution in [0.4, 0.5) is 0 Å². The number of aryl methyl sites for hydroxylation is 1. The van der Waals surface area contributed by atoms with Crippen molar-refractivity contribution >= 4 is 16.9 Å². The molecule has 0 bridgehead atoms. The van der Waals surface area contributed by atoms with E-state index in [2.05, 4.69) is 17.2 Å². The fourth-order valence-electron chi connectivity index (χ4n) is 2.87. The van der Waals surface area contributed by atoms with Gasteiger partial charge in [-0.15, -0.1) is 0 Å². The van der Waals surface area contributed by atoms with Crippen LogP contribution in [0.5, 0.6) is 0 Å². The first-order valence-electron chi connectivity index (χ1n) is 8.92. The van der Waals surface area contributed by atoms with Crippen LogP contribution in [-0.4, -0.2) is 22.0 Å². The molecular formula is C21H23N3O2. The largest absolute Gasteiger partial charge is 0.352 e. The van der Waals surface area contributed by atoms with Crippen molar-refractivity contribution in [1.82, 2.24) is 14.9 Å². The number of fused-ring (bicyclic) bond motifs is 1. The minimum absolute atomic E-state index is 0.161. The smallest absolute Gasteiger partial charge is 0.265 e. The quantitative estimate of drug-likeness (QED) is 0.695. The lowest BCUT2D eigenvalue weighted by Gasteiger charge is -2.12. The van der Waals surface area contributed by atoms with Gasteiger partial charge in [0.05, 0.1) is 6.54 Å². The standard InChI is InChI=1S/C21H23N3O2/c1-3-4-11-23-20(25)18-13-17-6-5-12-22-19(17)24(21(18)26)14-16-9-7-15(2)8-10-16/h5-10,12-13H,3-4,11,14H2,1-2H3,(H,23,25). The van der Waals surface area contributed by atoms with Crippen LogP contribution in [0, 0.1) is 6.92 Å². The Morgan fingerprint density at radius 1 is 1.19 bits per heavy atom. The van der Waals surface area contributed by atoms with Crippen molar-refractivity contribution in [2.24, 2.45) is 0 Å². The lowest BCUT2D eigenvalue weighted by Crippen LogP contribution is -2.34. The minimum Gasteiger partial charge on any atom is -0.352 e. The molecule has 0 aliphatic rings. The van der Waals surface area contributed by atoms with E-state index >= 15 is 0 Å². The van der Waals surface area contributed by atoms with E-state index in [1.165, 1.54) is 0 Å². The number of hydrogen-bond donors (Lipinski definition) is 1. The number of nitrogens with zero attached hydrogens (tertiary/aromatic N) is 2. The number of carbonyl (C=O) groups is 1. The summed E-state index contributed by atoms with van der Waals surface area (Å²) in [6, 6.07) is 13.3. The molecule has 0 radical (unpaired) electrons. The van der Waals surface area contributed by atoms with Gasteiger partial charge in [0.1, 0.15) is 11.2 Å². The highest BCUT2D eigenvalue weighted by Crippen LogP contribution is 2.13. The Labute approximate surface area is 152 Å². The molecule has 2 heterocycles. The molecule has 0 saturated carbocycles. The van der Waals surface area contributed by atoms with Crippen molar-refractivity contribution in [2.45, 2.75) is 33.2 Å². The van der Waals surface area contributed by atoms with Crippen molar-refractivity contribution in [2.75, 3.05) is 6.54 Å². The van der Waals surface area contributed by atoms with E-state index in [1.54, 1.807) is 16.8 Å². The highest BCUT2D eigenvalue weighted by molar-refractivity contribution is 5.96. The van der Waals surface area contributed by atoms with Crippen molar-refractivity contribution in [3.05, 3.63) is 75.7 Å². The van der Waals surface area contributed by atoms with Crippen LogP contribution in [0.1, 0.15) is 41.3 Å². The molecule has 2 aromatic heterocycles. The third kappa shape index (κ3) is 3.82. The van der Waals surface area contributed by atoms with E-state index in [9.17, 15) is 9.59 Å². The number of unbranched alkanes of at least 4 members (excludes halogenated alkanes) is 1. The zero-order valence-electron chi connectivity index (χ0n) is 15.2. The van der Waals surface area contributed by atoms with E-state index in [0.29, 0.717) is 18.7 Å². The Kier molecular flexibility index (Phi) is 5.46. The molecule has 0 aliphatic heterocycles. The highest BCUT2D eigenvalue weighted by atomic mass is 16.2. The van der Waals surface area contributed by atoms with Gasteiger partial charge in [0.25, 0.3) is 11.5 Å². The second-order valence-corrected chi connectivity index (χ2v) is 6.46. The van der Waals surface area contributed by atoms with Gasteiger partial charge in [-0.2, -0.15) is 0 Å². The van der Waals surface area contributed by atoms with E-state index in [4.69, 9.17) is 0 Å². The Balaban J connectivity index is 2.05. The highest BCUT2D eigenvalue weighted by Gasteiger charge is 2.16. The molecule has 0 saturated heterocycles. The van der Waals surface area contributed by atoms with Crippen molar-refractivity contribution in [3.8, 4) is 0 Å². The molecule has 3 aromatic rings. The van der Waals surface area contributed by atoms with Gasteiger partial charge in [-0.25, -0.2) is 4.98 Å². The SMILES string of the molecule is CCCCNC(=O)c1cc2cccnc2n(Cc2ccc(C)cc2)c1=O. The maximum atomic E-state index is 13.0. The van der Waals surface area contributed by atoms with E-state index < -0.39 is 0 Å². The second kappa shape index (κ2) is 7.95.